The van der Waals surface area contributed by atoms with E-state index in [1.165, 1.54) is 68.1 Å². The van der Waals surface area contributed by atoms with Crippen molar-refractivity contribution in [2.75, 3.05) is 0 Å². The van der Waals surface area contributed by atoms with Gasteiger partial charge in [-0.05, 0) is 85.4 Å². The number of hydrogen-bond donors (Lipinski definition) is 0. The molecule has 0 saturated heterocycles. The normalized spacial score (nSPS) is 24.6. The zero-order chi connectivity index (χ0) is 24.1. The van der Waals surface area contributed by atoms with Gasteiger partial charge >= 0.3 is 25.6 Å². The first-order chi connectivity index (χ1) is 14.1. The van der Waals surface area contributed by atoms with Crippen molar-refractivity contribution in [2.45, 2.75) is 92.5 Å². The van der Waals surface area contributed by atoms with E-state index in [4.69, 9.17) is 13.0 Å². The molecule has 0 N–H and O–H groups in total. The molecule has 0 spiro atoms. The molecule has 0 aromatic heterocycles. The molecule has 0 amide bonds. The quantitative estimate of drug-likeness (QED) is 0.211. The van der Waals surface area contributed by atoms with Crippen LogP contribution in [0.15, 0.2) is 0 Å². The number of rotatable bonds is 0. The van der Waals surface area contributed by atoms with E-state index in [1.807, 2.05) is 0 Å². The summed E-state index contributed by atoms with van der Waals surface area (Å²) >= 11 is 0. The summed E-state index contributed by atoms with van der Waals surface area (Å²) in [6.07, 6.45) is 10.4. The second-order valence-electron chi connectivity index (χ2n) is 8.40. The maximum absolute atomic E-state index is 10.7. The Morgan fingerprint density at radius 1 is 0.750 bits per heavy atom. The van der Waals surface area contributed by atoms with Crippen LogP contribution in [0.25, 0.3) is 0 Å². The van der Waals surface area contributed by atoms with Gasteiger partial charge in [0.1, 0.15) is 0 Å². The zero-order valence-corrected chi connectivity index (χ0v) is 23.1. The molecule has 32 heavy (non-hydrogen) atoms. The summed E-state index contributed by atoms with van der Waals surface area (Å²) in [6, 6.07) is 0. The summed E-state index contributed by atoms with van der Waals surface area (Å²) in [4.78, 5) is 0. The van der Waals surface area contributed by atoms with Crippen molar-refractivity contribution >= 4 is 10.1 Å². The van der Waals surface area contributed by atoms with Gasteiger partial charge in [-0.2, -0.15) is 13.2 Å². The topological polar surface area (TPSA) is 57.2 Å². The third-order valence-corrected chi connectivity index (χ3v) is 7.09. The maximum atomic E-state index is 10.7. The Bertz CT molecular complexity index is 578. The minimum Gasteiger partial charge on any atom is -0.741 e. The van der Waals surface area contributed by atoms with Crippen LogP contribution in [0.5, 0.6) is 0 Å². The zero-order valence-electron chi connectivity index (χ0n) is 19.9. The third kappa shape index (κ3) is 8.85. The van der Waals surface area contributed by atoms with E-state index in [9.17, 15) is 13.2 Å². The van der Waals surface area contributed by atoms with E-state index in [1.54, 1.807) is 23.7 Å². The Hall–Kier alpha value is 0.349. The molecule has 0 heterocycles. The van der Waals surface area contributed by atoms with Gasteiger partial charge in [0.05, 0.1) is 0 Å². The van der Waals surface area contributed by atoms with Crippen molar-refractivity contribution in [3.05, 3.63) is 59.7 Å². The van der Waals surface area contributed by atoms with Crippen LogP contribution in [0.1, 0.15) is 87.0 Å². The van der Waals surface area contributed by atoms with Crippen LogP contribution in [-0.2, 0) is 30.2 Å². The van der Waals surface area contributed by atoms with Gasteiger partial charge < -0.3 is 4.55 Å². The standard InChI is InChI=1S/C13H19.C10H15.CHF3O3S.Ir/c1-10-6-5-7-11(2)13-9-4-3-8-12(10)13;1-6-7(2)9(4)10(5)8(6)3;2-1(3,4)8(5,6)7;/h6H,3-5,7-9H2,1-2H3;1-5H3;(H,5,6,7);/q;;;+3/p-1. The summed E-state index contributed by atoms with van der Waals surface area (Å²) in [5, 5.41) is 0. The van der Waals surface area contributed by atoms with Crippen LogP contribution in [0.2, 0.25) is 0 Å². The van der Waals surface area contributed by atoms with E-state index < -0.39 is 15.6 Å². The fourth-order valence-electron chi connectivity index (χ4n) is 4.00. The van der Waals surface area contributed by atoms with Gasteiger partial charge in [0.2, 0.25) is 0 Å². The number of halogens is 3. The summed E-state index contributed by atoms with van der Waals surface area (Å²) in [5.41, 5.74) is -5.65. The molecule has 0 unspecified atom stereocenters. The van der Waals surface area contributed by atoms with Crippen molar-refractivity contribution in [1.82, 2.24) is 0 Å². The predicted octanol–water partition coefficient (Wildman–Crippen LogP) is 6.92. The third-order valence-electron chi connectivity index (χ3n) is 6.52. The molecule has 0 atom stereocenters. The van der Waals surface area contributed by atoms with Gasteiger partial charge in [-0.3, -0.25) is 0 Å². The molecule has 10 radical (unpaired) electrons. The molecule has 0 aliphatic heterocycles. The van der Waals surface area contributed by atoms with Gasteiger partial charge in [-0.25, -0.2) is 8.42 Å². The molecule has 182 valence electrons. The average Bonchev–Trinajstić information content (AvgIpc) is 2.79. The molecular formula is C24H34F3IrO3S+2. The monoisotopic (exact) mass is 652 g/mol. The van der Waals surface area contributed by atoms with Gasteiger partial charge in [0.25, 0.3) is 0 Å². The van der Waals surface area contributed by atoms with Crippen LogP contribution in [0.3, 0.4) is 0 Å². The second-order valence-corrected chi connectivity index (χ2v) is 9.77. The van der Waals surface area contributed by atoms with Crippen LogP contribution in [0, 0.1) is 59.7 Å². The Kier molecular flexibility index (Phi) is 13.6. The van der Waals surface area contributed by atoms with E-state index in [0.29, 0.717) is 0 Å². The summed E-state index contributed by atoms with van der Waals surface area (Å²) in [7, 11) is -6.09. The smallest absolute Gasteiger partial charge is 0.741 e. The predicted molar refractivity (Wildman–Crippen MR) is 117 cm³/mol. The molecule has 0 aromatic rings. The minimum absolute atomic E-state index is 0. The minimum atomic E-state index is -6.09. The number of alkyl halides is 3. The molecule has 3 aliphatic carbocycles. The van der Waals surface area contributed by atoms with E-state index >= 15 is 0 Å². The van der Waals surface area contributed by atoms with Crippen LogP contribution < -0.4 is 0 Å². The Balaban J connectivity index is 0.000000460. The molecule has 8 heteroatoms. The maximum Gasteiger partial charge on any atom is 3.00 e. The fourth-order valence-corrected chi connectivity index (χ4v) is 4.00. The first-order valence-corrected chi connectivity index (χ1v) is 11.9. The molecule has 3 aliphatic rings. The van der Waals surface area contributed by atoms with Crippen molar-refractivity contribution < 1.29 is 46.2 Å². The van der Waals surface area contributed by atoms with E-state index in [0.717, 1.165) is 0 Å². The fraction of sp³-hybridized carbons (Fsp3) is 0.583. The van der Waals surface area contributed by atoms with Crippen molar-refractivity contribution in [2.24, 2.45) is 0 Å². The van der Waals surface area contributed by atoms with Gasteiger partial charge in [-0.1, -0.05) is 61.3 Å². The number of fused-ring (bicyclic) bond motifs is 1. The Morgan fingerprint density at radius 2 is 1.09 bits per heavy atom. The summed E-state index contributed by atoms with van der Waals surface area (Å²) < 4.78 is 58.9. The molecule has 3 rings (SSSR count). The van der Waals surface area contributed by atoms with Gasteiger partial charge in [0.15, 0.2) is 10.1 Å². The number of hydrogen-bond acceptors (Lipinski definition) is 3. The first-order valence-electron chi connectivity index (χ1n) is 10.5. The molecule has 0 aromatic carbocycles. The van der Waals surface area contributed by atoms with Crippen molar-refractivity contribution in [3.63, 3.8) is 0 Å². The van der Waals surface area contributed by atoms with Crippen molar-refractivity contribution in [1.29, 1.82) is 0 Å². The first kappa shape index (κ1) is 32.3. The molecule has 3 saturated carbocycles. The van der Waals surface area contributed by atoms with Crippen LogP contribution in [0.4, 0.5) is 13.2 Å². The van der Waals surface area contributed by atoms with E-state index in [2.05, 4.69) is 54.9 Å². The summed E-state index contributed by atoms with van der Waals surface area (Å²) in [6.45, 7) is 15.6. The molecule has 3 nitrogen and oxygen atoms in total. The molecule has 0 bridgehead atoms. The van der Waals surface area contributed by atoms with E-state index in [-0.39, 0.29) is 20.1 Å². The Morgan fingerprint density at radius 3 is 1.44 bits per heavy atom. The summed E-state index contributed by atoms with van der Waals surface area (Å²) in [5.74, 6) is 13.9. The average molecular weight is 652 g/mol. The molecular weight excluding hydrogens is 618 g/mol. The van der Waals surface area contributed by atoms with Gasteiger partial charge in [-0.15, -0.1) is 0 Å². The van der Waals surface area contributed by atoms with Crippen molar-refractivity contribution in [3.8, 4) is 0 Å². The second kappa shape index (κ2) is 13.4. The largest absolute Gasteiger partial charge is 3.00 e. The molecule has 3 fully saturated rings. The van der Waals surface area contributed by atoms with Gasteiger partial charge in [0, 0.05) is 0 Å². The Labute approximate surface area is 208 Å². The van der Waals surface area contributed by atoms with Crippen LogP contribution in [-0.4, -0.2) is 18.5 Å². The van der Waals surface area contributed by atoms with Crippen LogP contribution >= 0.6 is 0 Å². The SMILES string of the molecule is C[C]1[CH]CC[C](C)[C]2CCCC[C]12.C[C]1[C](C)[C](C)[C](C)[C]1C.O=S(=O)([O-])C(F)(F)F.[Ir+3].